The van der Waals surface area contributed by atoms with Crippen molar-refractivity contribution in [2.75, 3.05) is 25.5 Å². The fourth-order valence-corrected chi connectivity index (χ4v) is 3.69. The number of aromatic nitrogens is 1. The normalized spacial score (nSPS) is 10.5. The number of methoxy groups -OCH3 is 1. The molecule has 0 fully saturated rings. The van der Waals surface area contributed by atoms with Crippen LogP contribution in [0.4, 0.5) is 5.13 Å². The van der Waals surface area contributed by atoms with E-state index in [1.54, 1.807) is 5.38 Å². The maximum atomic E-state index is 12.4. The van der Waals surface area contributed by atoms with Crippen molar-refractivity contribution in [2.45, 2.75) is 39.8 Å². The first-order chi connectivity index (χ1) is 14.1. The van der Waals surface area contributed by atoms with Gasteiger partial charge in [-0.3, -0.25) is 19.8 Å². The molecule has 0 unspecified atom stereocenters. The summed E-state index contributed by atoms with van der Waals surface area (Å²) in [5.41, 5.74) is 0.0507. The van der Waals surface area contributed by atoms with Gasteiger partial charge in [0.15, 0.2) is 16.6 Å². The van der Waals surface area contributed by atoms with E-state index in [-0.39, 0.29) is 64.4 Å². The molecule has 32 heavy (non-hydrogen) atoms. The summed E-state index contributed by atoms with van der Waals surface area (Å²) in [6, 6.07) is 2.98. The molecule has 0 saturated carbocycles. The van der Waals surface area contributed by atoms with Crippen LogP contribution in [0.15, 0.2) is 17.5 Å². The number of phenols is 2. The highest BCUT2D eigenvalue weighted by Crippen LogP contribution is 2.33. The third-order valence-corrected chi connectivity index (χ3v) is 5.24. The van der Waals surface area contributed by atoms with Crippen LogP contribution < -0.4 is 15.4 Å². The number of phenolic OH excluding ortho intramolecular Hbond substituents is 2. The van der Waals surface area contributed by atoms with E-state index in [1.807, 2.05) is 0 Å². The van der Waals surface area contributed by atoms with Crippen LogP contribution in [-0.2, 0) is 0 Å². The lowest BCUT2D eigenvalue weighted by Crippen LogP contribution is -2.42. The second kappa shape index (κ2) is 13.3. The molecule has 0 spiro atoms. The number of benzene rings is 1. The number of hydrogen-bond donors (Lipinski definition) is 4. The highest BCUT2D eigenvalue weighted by Gasteiger charge is 2.19. The average molecular weight is 509 g/mol. The number of anilines is 1. The van der Waals surface area contributed by atoms with E-state index >= 15 is 0 Å². The van der Waals surface area contributed by atoms with Crippen LogP contribution in [0.3, 0.4) is 0 Å². The second-order valence-corrected chi connectivity index (χ2v) is 8.07. The van der Waals surface area contributed by atoms with Crippen LogP contribution in [0.5, 0.6) is 17.2 Å². The van der Waals surface area contributed by atoms with Gasteiger partial charge in [-0.1, -0.05) is 0 Å². The van der Waals surface area contributed by atoms with Crippen molar-refractivity contribution < 1.29 is 24.5 Å². The molecule has 4 N–H and O–H groups in total. The summed E-state index contributed by atoms with van der Waals surface area (Å²) >= 11 is 1.09. The number of carbonyl (C=O) groups is 2. The predicted molar refractivity (Wildman–Crippen MR) is 130 cm³/mol. The largest absolute Gasteiger partial charge is 0.507 e. The Hall–Kier alpha value is -2.27. The standard InChI is InChI=1S/C20H28N4O5S.2ClH/c1-11(2)24(12(3)4)7-6-21-19(28)14-10-30-20(22-14)23-18(27)13-8-16(26)17(29-5)9-15(13)25;;/h8-12,25-26H,6-7H2,1-5H3,(H,21,28)(H,22,23,27);2*1H. The Kier molecular flexibility index (Phi) is 12.4. The Morgan fingerprint density at radius 2 is 1.72 bits per heavy atom. The Balaban J connectivity index is 0.00000480. The Bertz CT molecular complexity index is 900. The van der Waals surface area contributed by atoms with E-state index in [9.17, 15) is 19.8 Å². The molecule has 180 valence electrons. The third kappa shape index (κ3) is 7.70. The number of carbonyl (C=O) groups excluding carboxylic acids is 2. The number of thiazole rings is 1. The number of rotatable bonds is 9. The minimum atomic E-state index is -0.670. The SMILES string of the molecule is COc1cc(O)c(C(=O)Nc2nc(C(=O)NCCN(C(C)C)C(C)C)cs2)cc1O.Cl.Cl. The summed E-state index contributed by atoms with van der Waals surface area (Å²) in [5.74, 6) is -1.58. The van der Waals surface area contributed by atoms with Crippen LogP contribution in [0.2, 0.25) is 0 Å². The number of halogens is 2. The molecule has 0 aliphatic carbocycles. The summed E-state index contributed by atoms with van der Waals surface area (Å²) in [7, 11) is 1.33. The Labute approximate surface area is 204 Å². The van der Waals surface area contributed by atoms with Gasteiger partial charge in [-0.05, 0) is 27.7 Å². The van der Waals surface area contributed by atoms with Crippen molar-refractivity contribution in [1.29, 1.82) is 0 Å². The van der Waals surface area contributed by atoms with E-state index < -0.39 is 5.91 Å². The summed E-state index contributed by atoms with van der Waals surface area (Å²) in [6.45, 7) is 9.63. The molecular weight excluding hydrogens is 479 g/mol. The lowest BCUT2D eigenvalue weighted by atomic mass is 10.1. The molecule has 0 atom stereocenters. The van der Waals surface area contributed by atoms with Gasteiger partial charge in [-0.15, -0.1) is 36.2 Å². The van der Waals surface area contributed by atoms with Crippen molar-refractivity contribution in [3.8, 4) is 17.2 Å². The molecule has 9 nitrogen and oxygen atoms in total. The molecule has 0 bridgehead atoms. The van der Waals surface area contributed by atoms with E-state index in [2.05, 4.69) is 48.2 Å². The molecule has 0 saturated heterocycles. The maximum Gasteiger partial charge on any atom is 0.270 e. The molecule has 1 heterocycles. The fourth-order valence-electron chi connectivity index (χ4n) is 3.00. The van der Waals surface area contributed by atoms with E-state index in [0.29, 0.717) is 18.6 Å². The molecule has 12 heteroatoms. The summed E-state index contributed by atoms with van der Waals surface area (Å²) in [4.78, 5) is 31.1. The lowest BCUT2D eigenvalue weighted by Gasteiger charge is -2.30. The lowest BCUT2D eigenvalue weighted by molar-refractivity contribution is 0.0934. The van der Waals surface area contributed by atoms with Crippen LogP contribution in [0.1, 0.15) is 48.5 Å². The minimum absolute atomic E-state index is 0. The highest BCUT2D eigenvalue weighted by atomic mass is 35.5. The summed E-state index contributed by atoms with van der Waals surface area (Å²) in [6.07, 6.45) is 0. The van der Waals surface area contributed by atoms with Crippen LogP contribution in [-0.4, -0.2) is 64.2 Å². The van der Waals surface area contributed by atoms with Crippen molar-refractivity contribution in [3.05, 3.63) is 28.8 Å². The Morgan fingerprint density at radius 1 is 1.09 bits per heavy atom. The van der Waals surface area contributed by atoms with E-state index in [1.165, 1.54) is 7.11 Å². The zero-order chi connectivity index (χ0) is 22.4. The molecular formula is C20H30Cl2N4O5S. The quantitative estimate of drug-likeness (QED) is 0.382. The number of amides is 2. The van der Waals surface area contributed by atoms with Crippen LogP contribution >= 0.6 is 36.2 Å². The van der Waals surface area contributed by atoms with Gasteiger partial charge in [0.1, 0.15) is 11.4 Å². The van der Waals surface area contributed by atoms with Crippen molar-refractivity contribution in [2.24, 2.45) is 0 Å². The molecule has 1 aromatic carbocycles. The maximum absolute atomic E-state index is 12.4. The van der Waals surface area contributed by atoms with E-state index in [4.69, 9.17) is 4.74 Å². The first-order valence-corrected chi connectivity index (χ1v) is 10.4. The fraction of sp³-hybridized carbons (Fsp3) is 0.450. The molecule has 2 aromatic rings. The number of nitrogens with one attached hydrogen (secondary N) is 2. The van der Waals surface area contributed by atoms with E-state index in [0.717, 1.165) is 30.0 Å². The molecule has 1 aromatic heterocycles. The van der Waals surface area contributed by atoms with Gasteiger partial charge in [0.2, 0.25) is 0 Å². The zero-order valence-corrected chi connectivity index (χ0v) is 21.0. The first kappa shape index (κ1) is 29.7. The Morgan fingerprint density at radius 3 is 2.28 bits per heavy atom. The summed E-state index contributed by atoms with van der Waals surface area (Å²) < 4.78 is 4.88. The number of ether oxygens (including phenoxy) is 1. The highest BCUT2D eigenvalue weighted by molar-refractivity contribution is 7.14. The third-order valence-electron chi connectivity index (χ3n) is 4.48. The molecule has 2 rings (SSSR count). The van der Waals surface area contributed by atoms with Gasteiger partial charge in [0.05, 0.1) is 12.7 Å². The van der Waals surface area contributed by atoms with Gasteiger partial charge in [0, 0.05) is 42.7 Å². The molecule has 0 aliphatic rings. The monoisotopic (exact) mass is 508 g/mol. The van der Waals surface area contributed by atoms with Crippen molar-refractivity contribution >= 4 is 53.1 Å². The molecule has 0 aliphatic heterocycles. The second-order valence-electron chi connectivity index (χ2n) is 7.21. The van der Waals surface area contributed by atoms with Crippen LogP contribution in [0.25, 0.3) is 0 Å². The minimum Gasteiger partial charge on any atom is -0.507 e. The summed E-state index contributed by atoms with van der Waals surface area (Å²) in [5, 5.41) is 26.9. The number of nitrogens with zero attached hydrogens (tertiary/aromatic N) is 2. The van der Waals surface area contributed by atoms with Crippen molar-refractivity contribution in [3.63, 3.8) is 0 Å². The van der Waals surface area contributed by atoms with Gasteiger partial charge in [0.25, 0.3) is 11.8 Å². The van der Waals surface area contributed by atoms with Crippen LogP contribution in [0, 0.1) is 0 Å². The number of hydrogen-bond acceptors (Lipinski definition) is 8. The number of aromatic hydroxyl groups is 2. The predicted octanol–water partition coefficient (Wildman–Crippen LogP) is 3.51. The van der Waals surface area contributed by atoms with Gasteiger partial charge >= 0.3 is 0 Å². The molecule has 2 amide bonds. The molecule has 0 radical (unpaired) electrons. The van der Waals surface area contributed by atoms with Gasteiger partial charge in [-0.2, -0.15) is 0 Å². The smallest absolute Gasteiger partial charge is 0.270 e. The zero-order valence-electron chi connectivity index (χ0n) is 18.5. The first-order valence-electron chi connectivity index (χ1n) is 9.54. The topological polar surface area (TPSA) is 124 Å². The average Bonchev–Trinajstić information content (AvgIpc) is 3.14. The van der Waals surface area contributed by atoms with Gasteiger partial charge in [-0.25, -0.2) is 4.98 Å². The van der Waals surface area contributed by atoms with Gasteiger partial charge < -0.3 is 20.3 Å². The van der Waals surface area contributed by atoms with Crippen molar-refractivity contribution in [1.82, 2.24) is 15.2 Å².